The molecule has 4 atom stereocenters. The Bertz CT molecular complexity index is 983. The van der Waals surface area contributed by atoms with Crippen LogP contribution in [0.1, 0.15) is 61.9 Å². The Kier molecular flexibility index (Phi) is 9.23. The maximum absolute atomic E-state index is 13.7. The van der Waals surface area contributed by atoms with Crippen LogP contribution in [0.25, 0.3) is 0 Å². The molecule has 9 nitrogen and oxygen atoms in total. The van der Waals surface area contributed by atoms with Crippen molar-refractivity contribution in [3.63, 3.8) is 0 Å². The number of piperidine rings is 1. The maximum Gasteiger partial charge on any atom is 0.251 e. The van der Waals surface area contributed by atoms with E-state index in [0.29, 0.717) is 17.9 Å². The Morgan fingerprint density at radius 3 is 2.42 bits per heavy atom. The van der Waals surface area contributed by atoms with Gasteiger partial charge >= 0.3 is 0 Å². The summed E-state index contributed by atoms with van der Waals surface area (Å²) in [6, 6.07) is 6.35. The summed E-state index contributed by atoms with van der Waals surface area (Å²) in [6.07, 6.45) is 1.79. The first-order valence-electron chi connectivity index (χ1n) is 13.7. The molecule has 0 radical (unpaired) electrons. The minimum absolute atomic E-state index is 0.0200. The van der Waals surface area contributed by atoms with E-state index in [9.17, 15) is 14.4 Å². The van der Waals surface area contributed by atoms with Gasteiger partial charge in [0.1, 0.15) is 30.9 Å². The van der Waals surface area contributed by atoms with E-state index in [1.165, 1.54) is 5.56 Å². The van der Waals surface area contributed by atoms with Gasteiger partial charge in [0.25, 0.3) is 5.91 Å². The highest BCUT2D eigenvalue weighted by atomic mass is 16.5. The molecule has 3 fully saturated rings. The highest BCUT2D eigenvalue weighted by Crippen LogP contribution is 2.32. The lowest BCUT2D eigenvalue weighted by Crippen LogP contribution is -2.53. The zero-order chi connectivity index (χ0) is 27.4. The minimum atomic E-state index is -0.761. The molecular formula is C29H43N3O6. The molecule has 0 unspecified atom stereocenters. The number of rotatable bonds is 9. The van der Waals surface area contributed by atoms with Crippen molar-refractivity contribution in [3.05, 3.63) is 35.4 Å². The molecule has 3 aliphatic rings. The molecule has 4 rings (SSSR count). The largest absolute Gasteiger partial charge is 0.383 e. The van der Waals surface area contributed by atoms with Crippen LogP contribution in [0.2, 0.25) is 0 Å². The second-order valence-electron chi connectivity index (χ2n) is 12.0. The first kappa shape index (κ1) is 28.7. The minimum Gasteiger partial charge on any atom is -0.383 e. The molecule has 1 aromatic rings. The molecule has 0 aliphatic carbocycles. The first-order chi connectivity index (χ1) is 18.1. The van der Waals surface area contributed by atoms with E-state index in [1.807, 2.05) is 45.0 Å². The van der Waals surface area contributed by atoms with Crippen molar-refractivity contribution >= 4 is 17.6 Å². The van der Waals surface area contributed by atoms with Crippen LogP contribution in [0.15, 0.2) is 24.3 Å². The van der Waals surface area contributed by atoms with Crippen LogP contribution in [0.3, 0.4) is 0 Å². The Hall–Kier alpha value is -2.33. The standard InChI is InChI=1S/C29H43N3O6/c1-29(2,3)16-22(28(35)32-17-24(37-5)26-25(32)23(33)18-38-26)30-27(34)21-8-6-19(7-9-21)20-10-12-31(13-11-20)14-15-36-4/h6-9,20,22,24-26H,10-18H2,1-5H3,(H,30,34)/t22-,24-,25+,26+/m0/s1. The van der Waals surface area contributed by atoms with Crippen molar-refractivity contribution in [3.8, 4) is 0 Å². The van der Waals surface area contributed by atoms with Crippen molar-refractivity contribution < 1.29 is 28.6 Å². The summed E-state index contributed by atoms with van der Waals surface area (Å²) in [6.45, 7) is 10.1. The Labute approximate surface area is 226 Å². The molecule has 9 heteroatoms. The Morgan fingerprint density at radius 1 is 1.13 bits per heavy atom. The third-order valence-electron chi connectivity index (χ3n) is 7.99. The number of hydrogen-bond donors (Lipinski definition) is 1. The predicted octanol–water partition coefficient (Wildman–Crippen LogP) is 2.24. The second-order valence-corrected chi connectivity index (χ2v) is 12.0. The molecule has 0 aromatic heterocycles. The van der Waals surface area contributed by atoms with Crippen molar-refractivity contribution in [2.24, 2.45) is 5.41 Å². The van der Waals surface area contributed by atoms with Crippen molar-refractivity contribution in [1.29, 1.82) is 0 Å². The number of fused-ring (bicyclic) bond motifs is 1. The van der Waals surface area contributed by atoms with Crippen LogP contribution in [0.4, 0.5) is 0 Å². The second kappa shape index (κ2) is 12.2. The van der Waals surface area contributed by atoms with Gasteiger partial charge in [-0.05, 0) is 61.4 Å². The molecule has 1 N–H and O–H groups in total. The fourth-order valence-electron chi connectivity index (χ4n) is 5.92. The highest BCUT2D eigenvalue weighted by molar-refractivity contribution is 5.99. The van der Waals surface area contributed by atoms with Gasteiger partial charge in [-0.3, -0.25) is 14.4 Å². The number of carbonyl (C=O) groups excluding carboxylic acids is 3. The van der Waals surface area contributed by atoms with Gasteiger partial charge in [0, 0.05) is 26.3 Å². The monoisotopic (exact) mass is 529 g/mol. The number of methoxy groups -OCH3 is 2. The van der Waals surface area contributed by atoms with E-state index in [4.69, 9.17) is 14.2 Å². The van der Waals surface area contributed by atoms with E-state index >= 15 is 0 Å². The molecule has 3 heterocycles. The number of nitrogens with one attached hydrogen (secondary N) is 1. The van der Waals surface area contributed by atoms with Crippen molar-refractivity contribution in [1.82, 2.24) is 15.1 Å². The van der Waals surface area contributed by atoms with E-state index in [0.717, 1.165) is 39.1 Å². The van der Waals surface area contributed by atoms with E-state index in [-0.39, 0.29) is 42.3 Å². The lowest BCUT2D eigenvalue weighted by Gasteiger charge is -2.32. The van der Waals surface area contributed by atoms with Gasteiger partial charge in [0.05, 0.1) is 13.2 Å². The first-order valence-corrected chi connectivity index (χ1v) is 13.7. The fraction of sp³-hybridized carbons (Fsp3) is 0.690. The summed E-state index contributed by atoms with van der Waals surface area (Å²) < 4.78 is 16.3. The average Bonchev–Trinajstić information content (AvgIpc) is 3.46. The third-order valence-corrected chi connectivity index (χ3v) is 7.99. The third kappa shape index (κ3) is 6.62. The van der Waals surface area contributed by atoms with Crippen LogP contribution in [-0.4, -0.2) is 105 Å². The number of ether oxygens (including phenoxy) is 3. The zero-order valence-electron chi connectivity index (χ0n) is 23.4. The van der Waals surface area contributed by atoms with Gasteiger partial charge in [-0.1, -0.05) is 32.9 Å². The van der Waals surface area contributed by atoms with Gasteiger partial charge in [0.15, 0.2) is 5.78 Å². The molecule has 210 valence electrons. The zero-order valence-corrected chi connectivity index (χ0v) is 23.4. The molecule has 2 amide bonds. The quantitative estimate of drug-likeness (QED) is 0.524. The summed E-state index contributed by atoms with van der Waals surface area (Å²) in [5, 5.41) is 2.98. The van der Waals surface area contributed by atoms with Crippen LogP contribution < -0.4 is 5.32 Å². The molecule has 3 saturated heterocycles. The Morgan fingerprint density at radius 2 is 1.82 bits per heavy atom. The van der Waals surface area contributed by atoms with Crippen LogP contribution in [0, 0.1) is 5.41 Å². The van der Waals surface area contributed by atoms with Gasteiger partial charge in [0.2, 0.25) is 5.91 Å². The normalized spacial score (nSPS) is 25.4. The van der Waals surface area contributed by atoms with Gasteiger partial charge in [-0.15, -0.1) is 0 Å². The lowest BCUT2D eigenvalue weighted by molar-refractivity contribution is -0.138. The van der Waals surface area contributed by atoms with Crippen molar-refractivity contribution in [2.75, 3.05) is 53.6 Å². The number of amides is 2. The molecule has 38 heavy (non-hydrogen) atoms. The van der Waals surface area contributed by atoms with E-state index in [1.54, 1.807) is 19.1 Å². The number of benzene rings is 1. The summed E-state index contributed by atoms with van der Waals surface area (Å²) in [5.41, 5.74) is 1.54. The smallest absolute Gasteiger partial charge is 0.251 e. The summed E-state index contributed by atoms with van der Waals surface area (Å²) in [4.78, 5) is 43.5. The highest BCUT2D eigenvalue weighted by Gasteiger charge is 2.53. The summed E-state index contributed by atoms with van der Waals surface area (Å²) in [5.74, 6) is -0.201. The van der Waals surface area contributed by atoms with Crippen LogP contribution in [-0.2, 0) is 23.8 Å². The molecular weight excluding hydrogens is 486 g/mol. The fourth-order valence-corrected chi connectivity index (χ4v) is 5.92. The molecule has 0 saturated carbocycles. The number of nitrogens with zero attached hydrogens (tertiary/aromatic N) is 2. The topological polar surface area (TPSA) is 97.4 Å². The maximum atomic E-state index is 13.7. The van der Waals surface area contributed by atoms with Crippen molar-refractivity contribution in [2.45, 2.75) is 70.2 Å². The summed E-state index contributed by atoms with van der Waals surface area (Å²) in [7, 11) is 3.29. The van der Waals surface area contributed by atoms with E-state index in [2.05, 4.69) is 10.2 Å². The molecule has 0 spiro atoms. The lowest BCUT2D eigenvalue weighted by atomic mass is 9.87. The number of carbonyl (C=O) groups is 3. The number of hydrogen-bond acceptors (Lipinski definition) is 7. The van der Waals surface area contributed by atoms with Gasteiger partial charge in [-0.25, -0.2) is 0 Å². The molecule has 3 aliphatic heterocycles. The van der Waals surface area contributed by atoms with Gasteiger partial charge in [-0.2, -0.15) is 0 Å². The van der Waals surface area contributed by atoms with Crippen LogP contribution >= 0.6 is 0 Å². The predicted molar refractivity (Wildman–Crippen MR) is 143 cm³/mol. The molecule has 0 bridgehead atoms. The SMILES string of the molecule is COCCN1CCC(c2ccc(C(=O)N[C@@H](CC(C)(C)C)C(=O)N3C[C@H](OC)[C@H]4OCC(=O)[C@H]43)cc2)CC1. The number of Topliss-reactive ketones (excluding diaryl/α,β-unsaturated/α-hetero) is 1. The number of likely N-dealkylation sites (tertiary alicyclic amines) is 2. The Balaban J connectivity index is 1.42. The number of ketones is 1. The molecule has 1 aromatic carbocycles. The van der Waals surface area contributed by atoms with Gasteiger partial charge < -0.3 is 29.3 Å². The van der Waals surface area contributed by atoms with E-state index < -0.39 is 18.2 Å². The average molecular weight is 530 g/mol. The summed E-state index contributed by atoms with van der Waals surface area (Å²) >= 11 is 0. The van der Waals surface area contributed by atoms with Crippen LogP contribution in [0.5, 0.6) is 0 Å².